The lowest BCUT2D eigenvalue weighted by molar-refractivity contribution is 0.867. The zero-order chi connectivity index (χ0) is 14.3. The maximum absolute atomic E-state index is 5.92. The van der Waals surface area contributed by atoms with E-state index in [2.05, 4.69) is 58.0 Å². The largest absolute Gasteiger partial charge is 0.0840 e. The summed E-state index contributed by atoms with van der Waals surface area (Å²) in [6.45, 7) is 8.69. The Bertz CT molecular complexity index is 472. The van der Waals surface area contributed by atoms with Crippen LogP contribution in [-0.2, 0) is 0 Å². The molecular formula is C18H23Cl. The lowest BCUT2D eigenvalue weighted by Gasteiger charge is -2.05. The van der Waals surface area contributed by atoms with Crippen LogP contribution in [0, 0.1) is 0 Å². The van der Waals surface area contributed by atoms with Crippen LogP contribution >= 0.6 is 11.6 Å². The highest BCUT2D eigenvalue weighted by atomic mass is 35.5. The van der Waals surface area contributed by atoms with E-state index in [1.165, 1.54) is 11.1 Å². The Morgan fingerprint density at radius 1 is 0.684 bits per heavy atom. The van der Waals surface area contributed by atoms with E-state index < -0.39 is 0 Å². The molecule has 0 aromatic heterocycles. The molecule has 0 bridgehead atoms. The number of rotatable bonds is 2. The van der Waals surface area contributed by atoms with Gasteiger partial charge in [0.1, 0.15) is 0 Å². The van der Waals surface area contributed by atoms with Crippen molar-refractivity contribution in [1.29, 1.82) is 0 Å². The van der Waals surface area contributed by atoms with E-state index in [1.807, 2.05) is 24.3 Å². The highest BCUT2D eigenvalue weighted by molar-refractivity contribution is 6.31. The fourth-order valence-corrected chi connectivity index (χ4v) is 2.14. The molecule has 0 saturated carbocycles. The molecule has 1 heteroatoms. The van der Waals surface area contributed by atoms with Gasteiger partial charge in [0.05, 0.1) is 0 Å². The molecule has 0 spiro atoms. The van der Waals surface area contributed by atoms with Crippen LogP contribution in [0.25, 0.3) is 0 Å². The fourth-order valence-electron chi connectivity index (χ4n) is 1.78. The second-order valence-electron chi connectivity index (χ2n) is 5.24. The first-order valence-corrected chi connectivity index (χ1v) is 7.19. The molecule has 0 nitrogen and oxygen atoms in total. The van der Waals surface area contributed by atoms with E-state index in [4.69, 9.17) is 11.6 Å². The van der Waals surface area contributed by atoms with Crippen LogP contribution in [0.1, 0.15) is 50.7 Å². The normalized spacial score (nSPS) is 10.3. The first-order chi connectivity index (χ1) is 9.02. The molecule has 2 aromatic carbocycles. The molecule has 102 valence electrons. The summed E-state index contributed by atoms with van der Waals surface area (Å²) >= 11 is 5.92. The van der Waals surface area contributed by atoms with Gasteiger partial charge in [-0.2, -0.15) is 0 Å². The second kappa shape index (κ2) is 8.01. The van der Waals surface area contributed by atoms with Crippen molar-refractivity contribution in [2.24, 2.45) is 0 Å². The summed E-state index contributed by atoms with van der Waals surface area (Å²) in [5.74, 6) is 1.18. The summed E-state index contributed by atoms with van der Waals surface area (Å²) in [4.78, 5) is 0. The van der Waals surface area contributed by atoms with Crippen LogP contribution in [0.15, 0.2) is 54.6 Å². The summed E-state index contributed by atoms with van der Waals surface area (Å²) in [5.41, 5.74) is 2.64. The lowest BCUT2D eigenvalue weighted by Crippen LogP contribution is -1.86. The van der Waals surface area contributed by atoms with Gasteiger partial charge in [0.25, 0.3) is 0 Å². The van der Waals surface area contributed by atoms with Crippen LogP contribution in [0.2, 0.25) is 5.02 Å². The van der Waals surface area contributed by atoms with Crippen LogP contribution in [0.3, 0.4) is 0 Å². The van der Waals surface area contributed by atoms with Gasteiger partial charge in [0.15, 0.2) is 0 Å². The van der Waals surface area contributed by atoms with Gasteiger partial charge in [-0.25, -0.2) is 0 Å². The zero-order valence-corrected chi connectivity index (χ0v) is 13.0. The number of halogens is 1. The van der Waals surface area contributed by atoms with Crippen LogP contribution in [0.5, 0.6) is 0 Å². The molecule has 0 unspecified atom stereocenters. The van der Waals surface area contributed by atoms with Crippen LogP contribution in [0.4, 0.5) is 0 Å². The SMILES string of the molecule is CC(C)c1ccccc1.CC(C)c1ccccc1Cl. The Balaban J connectivity index is 0.000000191. The molecule has 2 aromatic rings. The van der Waals surface area contributed by atoms with Crippen molar-refractivity contribution in [3.05, 3.63) is 70.7 Å². The first kappa shape index (κ1) is 15.8. The standard InChI is InChI=1S/C9H11Cl.C9H12/c1-7(2)8-5-3-4-6-9(8)10;1-8(2)9-6-4-3-5-7-9/h3-7H,1-2H3;3-8H,1-2H3. The molecular weight excluding hydrogens is 252 g/mol. The second-order valence-corrected chi connectivity index (χ2v) is 5.65. The monoisotopic (exact) mass is 274 g/mol. The molecule has 0 saturated heterocycles. The molecule has 0 aliphatic heterocycles. The average molecular weight is 275 g/mol. The van der Waals surface area contributed by atoms with Crippen molar-refractivity contribution in [1.82, 2.24) is 0 Å². The van der Waals surface area contributed by atoms with E-state index in [0.29, 0.717) is 11.8 Å². The Hall–Kier alpha value is -1.27. The summed E-state index contributed by atoms with van der Waals surface area (Å²) in [7, 11) is 0. The van der Waals surface area contributed by atoms with Crippen molar-refractivity contribution in [2.75, 3.05) is 0 Å². The van der Waals surface area contributed by atoms with E-state index >= 15 is 0 Å². The Kier molecular flexibility index (Phi) is 6.66. The van der Waals surface area contributed by atoms with Gasteiger partial charge in [-0.3, -0.25) is 0 Å². The Labute approximate surface area is 122 Å². The third-order valence-corrected chi connectivity index (χ3v) is 3.34. The summed E-state index contributed by atoms with van der Waals surface area (Å²) < 4.78 is 0. The van der Waals surface area contributed by atoms with E-state index in [0.717, 1.165) is 5.02 Å². The maximum Gasteiger partial charge on any atom is 0.0440 e. The minimum atomic E-state index is 0.522. The van der Waals surface area contributed by atoms with Gasteiger partial charge in [-0.15, -0.1) is 0 Å². The molecule has 0 aliphatic carbocycles. The lowest BCUT2D eigenvalue weighted by atomic mass is 10.0. The van der Waals surface area contributed by atoms with Crippen molar-refractivity contribution >= 4 is 11.6 Å². The quantitative estimate of drug-likeness (QED) is 0.605. The number of hydrogen-bond acceptors (Lipinski definition) is 0. The molecule has 0 heterocycles. The van der Waals surface area contributed by atoms with E-state index in [9.17, 15) is 0 Å². The highest BCUT2D eigenvalue weighted by Crippen LogP contribution is 2.22. The van der Waals surface area contributed by atoms with Gasteiger partial charge in [-0.1, -0.05) is 87.8 Å². The molecule has 0 radical (unpaired) electrons. The van der Waals surface area contributed by atoms with Crippen LogP contribution in [-0.4, -0.2) is 0 Å². The van der Waals surface area contributed by atoms with E-state index in [1.54, 1.807) is 0 Å². The van der Waals surface area contributed by atoms with Gasteiger partial charge in [-0.05, 0) is 29.0 Å². The van der Waals surface area contributed by atoms with Crippen molar-refractivity contribution in [3.63, 3.8) is 0 Å². The topological polar surface area (TPSA) is 0 Å². The number of hydrogen-bond donors (Lipinski definition) is 0. The number of benzene rings is 2. The third kappa shape index (κ3) is 5.48. The minimum Gasteiger partial charge on any atom is -0.0840 e. The average Bonchev–Trinajstić information content (AvgIpc) is 2.40. The molecule has 0 aliphatic rings. The Morgan fingerprint density at radius 3 is 1.58 bits per heavy atom. The molecule has 19 heavy (non-hydrogen) atoms. The predicted molar refractivity (Wildman–Crippen MR) is 86.1 cm³/mol. The molecule has 0 atom stereocenters. The Morgan fingerprint density at radius 2 is 1.21 bits per heavy atom. The summed E-state index contributed by atoms with van der Waals surface area (Å²) in [6.07, 6.45) is 0. The minimum absolute atomic E-state index is 0.522. The molecule has 0 N–H and O–H groups in total. The molecule has 0 fully saturated rings. The summed E-state index contributed by atoms with van der Waals surface area (Å²) in [5, 5.41) is 0.873. The zero-order valence-electron chi connectivity index (χ0n) is 12.2. The molecule has 0 amide bonds. The predicted octanol–water partition coefficient (Wildman–Crippen LogP) is 6.27. The van der Waals surface area contributed by atoms with Gasteiger partial charge in [0.2, 0.25) is 0 Å². The maximum atomic E-state index is 5.92. The van der Waals surface area contributed by atoms with Gasteiger partial charge < -0.3 is 0 Å². The van der Waals surface area contributed by atoms with Crippen molar-refractivity contribution < 1.29 is 0 Å². The van der Waals surface area contributed by atoms with Gasteiger partial charge in [0, 0.05) is 5.02 Å². The van der Waals surface area contributed by atoms with Crippen LogP contribution < -0.4 is 0 Å². The van der Waals surface area contributed by atoms with Crippen molar-refractivity contribution in [3.8, 4) is 0 Å². The van der Waals surface area contributed by atoms with Gasteiger partial charge >= 0.3 is 0 Å². The smallest absolute Gasteiger partial charge is 0.0440 e. The first-order valence-electron chi connectivity index (χ1n) is 6.81. The molecule has 2 rings (SSSR count). The fraction of sp³-hybridized carbons (Fsp3) is 0.333. The van der Waals surface area contributed by atoms with Crippen molar-refractivity contribution in [2.45, 2.75) is 39.5 Å². The van der Waals surface area contributed by atoms with E-state index in [-0.39, 0.29) is 0 Å². The summed E-state index contributed by atoms with van der Waals surface area (Å²) in [6, 6.07) is 18.5. The third-order valence-electron chi connectivity index (χ3n) is 2.99. The highest BCUT2D eigenvalue weighted by Gasteiger charge is 2.01.